The Labute approximate surface area is 100.0 Å². The highest BCUT2D eigenvalue weighted by molar-refractivity contribution is 6.33. The van der Waals surface area contributed by atoms with E-state index < -0.39 is 0 Å². The van der Waals surface area contributed by atoms with Crippen LogP contribution in [0.25, 0.3) is 0 Å². The zero-order valence-corrected chi connectivity index (χ0v) is 10.2. The van der Waals surface area contributed by atoms with Gasteiger partial charge in [-0.1, -0.05) is 11.6 Å². The molecule has 0 atom stereocenters. The zero-order valence-electron chi connectivity index (χ0n) is 9.42. The molecule has 0 aromatic heterocycles. The van der Waals surface area contributed by atoms with E-state index in [1.165, 1.54) is 7.11 Å². The molecule has 0 amide bonds. The van der Waals surface area contributed by atoms with E-state index in [1.807, 2.05) is 13.1 Å². The number of carbonyl (C=O) groups is 1. The second-order valence-electron chi connectivity index (χ2n) is 3.96. The van der Waals surface area contributed by atoms with E-state index in [-0.39, 0.29) is 0 Å². The average molecular weight is 240 g/mol. The minimum Gasteiger partial charge on any atom is -0.494 e. The van der Waals surface area contributed by atoms with Crippen molar-refractivity contribution in [2.24, 2.45) is 0 Å². The summed E-state index contributed by atoms with van der Waals surface area (Å²) in [4.78, 5) is 13.3. The van der Waals surface area contributed by atoms with Gasteiger partial charge in [-0.15, -0.1) is 0 Å². The van der Waals surface area contributed by atoms with Gasteiger partial charge in [-0.25, -0.2) is 0 Å². The number of fused-ring (bicyclic) bond motifs is 1. The molecule has 0 radical (unpaired) electrons. The second kappa shape index (κ2) is 4.34. The van der Waals surface area contributed by atoms with E-state index in [0.29, 0.717) is 16.3 Å². The molecule has 0 unspecified atom stereocenters. The van der Waals surface area contributed by atoms with Crippen molar-refractivity contribution in [2.75, 3.05) is 25.6 Å². The predicted octanol–water partition coefficient (Wildman–Crippen LogP) is 2.54. The standard InChI is InChI=1S/C12H14ClNO2/c1-14-5-3-4-8-6-10(13)12(16-2)9(7-15)11(8)14/h6-7H,3-5H2,1-2H3. The molecule has 0 N–H and O–H groups in total. The van der Waals surface area contributed by atoms with Crippen LogP contribution in [0, 0.1) is 0 Å². The molecule has 4 heteroatoms. The van der Waals surface area contributed by atoms with Gasteiger partial charge >= 0.3 is 0 Å². The van der Waals surface area contributed by atoms with Crippen LogP contribution >= 0.6 is 11.6 Å². The molecule has 1 aromatic carbocycles. The molecule has 0 fully saturated rings. The Bertz CT molecular complexity index is 432. The maximum Gasteiger partial charge on any atom is 0.155 e. The number of nitrogens with zero attached hydrogens (tertiary/aromatic N) is 1. The first-order valence-corrected chi connectivity index (χ1v) is 5.62. The molecule has 86 valence electrons. The maximum atomic E-state index is 11.2. The van der Waals surface area contributed by atoms with E-state index in [0.717, 1.165) is 36.9 Å². The SMILES string of the molecule is COc1c(Cl)cc2c(c1C=O)N(C)CCC2. The molecule has 1 aliphatic rings. The summed E-state index contributed by atoms with van der Waals surface area (Å²) in [6.45, 7) is 0.957. The third kappa shape index (κ3) is 1.65. The summed E-state index contributed by atoms with van der Waals surface area (Å²) in [7, 11) is 3.52. The average Bonchev–Trinajstić information content (AvgIpc) is 2.27. The lowest BCUT2D eigenvalue weighted by molar-refractivity contribution is 0.112. The van der Waals surface area contributed by atoms with Crippen molar-refractivity contribution < 1.29 is 9.53 Å². The fourth-order valence-corrected chi connectivity index (χ4v) is 2.58. The molecule has 1 heterocycles. The van der Waals surface area contributed by atoms with Crippen molar-refractivity contribution in [3.63, 3.8) is 0 Å². The summed E-state index contributed by atoms with van der Waals surface area (Å²) in [6.07, 6.45) is 2.88. The zero-order chi connectivity index (χ0) is 11.7. The largest absolute Gasteiger partial charge is 0.494 e. The van der Waals surface area contributed by atoms with E-state index in [2.05, 4.69) is 4.90 Å². The summed E-state index contributed by atoms with van der Waals surface area (Å²) < 4.78 is 5.19. The van der Waals surface area contributed by atoms with Gasteiger partial charge in [0.25, 0.3) is 0 Å². The number of methoxy groups -OCH3 is 1. The first-order chi connectivity index (χ1) is 7.69. The maximum absolute atomic E-state index is 11.2. The number of halogens is 1. The summed E-state index contributed by atoms with van der Waals surface area (Å²) in [5.74, 6) is 0.476. The van der Waals surface area contributed by atoms with Gasteiger partial charge < -0.3 is 9.64 Å². The number of anilines is 1. The third-order valence-corrected chi connectivity index (χ3v) is 3.25. The fourth-order valence-electron chi connectivity index (χ4n) is 2.27. The lowest BCUT2D eigenvalue weighted by Crippen LogP contribution is -2.26. The number of aldehydes is 1. The summed E-state index contributed by atoms with van der Waals surface area (Å²) in [5, 5.41) is 0.513. The van der Waals surface area contributed by atoms with Crippen molar-refractivity contribution in [1.82, 2.24) is 0 Å². The molecule has 0 spiro atoms. The summed E-state index contributed by atoms with van der Waals surface area (Å²) in [6, 6.07) is 1.90. The third-order valence-electron chi connectivity index (χ3n) is 2.97. The van der Waals surface area contributed by atoms with Crippen molar-refractivity contribution >= 4 is 23.6 Å². The number of carbonyl (C=O) groups excluding carboxylic acids is 1. The molecule has 16 heavy (non-hydrogen) atoms. The van der Waals surface area contributed by atoms with E-state index in [4.69, 9.17) is 16.3 Å². The first kappa shape index (κ1) is 11.3. The van der Waals surface area contributed by atoms with Crippen LogP contribution in [0.3, 0.4) is 0 Å². The number of rotatable bonds is 2. The molecule has 1 aromatic rings. The van der Waals surface area contributed by atoms with Crippen LogP contribution in [0.1, 0.15) is 22.3 Å². The molecule has 0 saturated heterocycles. The van der Waals surface area contributed by atoms with Crippen molar-refractivity contribution in [2.45, 2.75) is 12.8 Å². The second-order valence-corrected chi connectivity index (χ2v) is 4.36. The summed E-state index contributed by atoms with van der Waals surface area (Å²) >= 11 is 6.09. The van der Waals surface area contributed by atoms with Crippen LogP contribution in [-0.4, -0.2) is 27.0 Å². The van der Waals surface area contributed by atoms with Gasteiger partial charge in [0.1, 0.15) is 5.75 Å². The highest BCUT2D eigenvalue weighted by Gasteiger charge is 2.22. The molecule has 0 saturated carbocycles. The van der Waals surface area contributed by atoms with E-state index in [1.54, 1.807) is 0 Å². The number of benzene rings is 1. The molecule has 2 rings (SSSR count). The lowest BCUT2D eigenvalue weighted by Gasteiger charge is -2.29. The van der Waals surface area contributed by atoms with Gasteiger partial charge in [0.15, 0.2) is 6.29 Å². The topological polar surface area (TPSA) is 29.5 Å². The number of hydrogen-bond donors (Lipinski definition) is 0. The molecular weight excluding hydrogens is 226 g/mol. The Balaban J connectivity index is 2.69. The van der Waals surface area contributed by atoms with Gasteiger partial charge in [0, 0.05) is 13.6 Å². The van der Waals surface area contributed by atoms with Crippen LogP contribution in [0.5, 0.6) is 5.75 Å². The number of aryl methyl sites for hydroxylation is 1. The minimum atomic E-state index is 0.476. The van der Waals surface area contributed by atoms with Crippen molar-refractivity contribution in [3.05, 3.63) is 22.2 Å². The highest BCUT2D eigenvalue weighted by atomic mass is 35.5. The number of ether oxygens (including phenoxy) is 1. The van der Waals surface area contributed by atoms with Gasteiger partial charge in [0.2, 0.25) is 0 Å². The predicted molar refractivity (Wildman–Crippen MR) is 65.0 cm³/mol. The Morgan fingerprint density at radius 2 is 2.31 bits per heavy atom. The number of hydrogen-bond acceptors (Lipinski definition) is 3. The molecule has 3 nitrogen and oxygen atoms in total. The summed E-state index contributed by atoms with van der Waals surface area (Å²) in [5.41, 5.74) is 2.65. The quantitative estimate of drug-likeness (QED) is 0.743. The van der Waals surface area contributed by atoms with Gasteiger partial charge in [-0.2, -0.15) is 0 Å². The van der Waals surface area contributed by atoms with Crippen molar-refractivity contribution in [1.29, 1.82) is 0 Å². The molecular formula is C12H14ClNO2. The van der Waals surface area contributed by atoms with Crippen LogP contribution < -0.4 is 9.64 Å². The van der Waals surface area contributed by atoms with Gasteiger partial charge in [-0.05, 0) is 24.5 Å². The van der Waals surface area contributed by atoms with Crippen LogP contribution in [0.4, 0.5) is 5.69 Å². The Kier molecular flexibility index (Phi) is 3.06. The fraction of sp³-hybridized carbons (Fsp3) is 0.417. The highest BCUT2D eigenvalue weighted by Crippen LogP contribution is 2.39. The van der Waals surface area contributed by atoms with E-state index >= 15 is 0 Å². The first-order valence-electron chi connectivity index (χ1n) is 5.24. The Morgan fingerprint density at radius 1 is 1.56 bits per heavy atom. The van der Waals surface area contributed by atoms with Crippen LogP contribution in [0.2, 0.25) is 5.02 Å². The molecule has 1 aliphatic heterocycles. The normalized spacial score (nSPS) is 14.6. The minimum absolute atomic E-state index is 0.476. The molecule has 0 aliphatic carbocycles. The Morgan fingerprint density at radius 3 is 2.94 bits per heavy atom. The monoisotopic (exact) mass is 239 g/mol. The van der Waals surface area contributed by atoms with Crippen molar-refractivity contribution in [3.8, 4) is 5.75 Å². The lowest BCUT2D eigenvalue weighted by atomic mass is 9.98. The van der Waals surface area contributed by atoms with Crippen LogP contribution in [-0.2, 0) is 6.42 Å². The van der Waals surface area contributed by atoms with Crippen LogP contribution in [0.15, 0.2) is 6.07 Å². The van der Waals surface area contributed by atoms with Gasteiger partial charge in [-0.3, -0.25) is 4.79 Å². The Hall–Kier alpha value is -1.22. The van der Waals surface area contributed by atoms with E-state index in [9.17, 15) is 4.79 Å². The smallest absolute Gasteiger partial charge is 0.155 e. The van der Waals surface area contributed by atoms with Gasteiger partial charge in [0.05, 0.1) is 23.4 Å². The molecule has 0 bridgehead atoms.